The summed E-state index contributed by atoms with van der Waals surface area (Å²) in [6.07, 6.45) is 4.85. The number of aryl methyl sites for hydroxylation is 1. The molecular weight excluding hydrogens is 450 g/mol. The van der Waals surface area contributed by atoms with Gasteiger partial charge in [-0.05, 0) is 50.8 Å². The Morgan fingerprint density at radius 3 is 2.56 bits per heavy atom. The zero-order chi connectivity index (χ0) is 24.4. The Morgan fingerprint density at radius 2 is 1.85 bits per heavy atom. The Bertz CT molecular complexity index is 1380. The number of carbonyl (C=O) groups is 1. The van der Waals surface area contributed by atoms with E-state index in [0.717, 1.165) is 22.5 Å². The van der Waals surface area contributed by atoms with Gasteiger partial charge < -0.3 is 15.5 Å². The number of nitrogen functional groups attached to an aromatic ring is 1. The van der Waals surface area contributed by atoms with Crippen molar-refractivity contribution in [3.05, 3.63) is 71.5 Å². The van der Waals surface area contributed by atoms with Crippen LogP contribution in [0.1, 0.15) is 5.56 Å². The van der Waals surface area contributed by atoms with Gasteiger partial charge in [-0.15, -0.1) is 0 Å². The Balaban J connectivity index is 1.80. The topological polar surface area (TPSA) is 93.2 Å². The van der Waals surface area contributed by atoms with Crippen LogP contribution in [0.15, 0.2) is 60.9 Å². The summed E-state index contributed by atoms with van der Waals surface area (Å²) >= 11 is 6.07. The van der Waals surface area contributed by atoms with Gasteiger partial charge in [-0.2, -0.15) is 5.10 Å². The third kappa shape index (κ3) is 4.64. The number of carbonyl (C=O) groups excluding carboxylic acids is 1. The number of benzene rings is 2. The predicted octanol–water partition coefficient (Wildman–Crippen LogP) is 4.11. The standard InChI is InChI=1S/C25H26ClN7O/c1-16-7-12-19(14-20(16)32(4)21(34)6-5-13-31(2)3)33-25-22(24(27)28-15-29-25)23(30-33)17-8-10-18(26)11-9-17/h5-12,14-15H,13H2,1-4H3,(H2,27,28,29). The first-order valence-electron chi connectivity index (χ1n) is 10.7. The molecule has 0 aliphatic rings. The van der Waals surface area contributed by atoms with E-state index in [1.165, 1.54) is 6.33 Å². The summed E-state index contributed by atoms with van der Waals surface area (Å²) < 4.78 is 1.72. The Hall–Kier alpha value is -3.75. The molecule has 1 amide bonds. The van der Waals surface area contributed by atoms with Gasteiger partial charge in [0.1, 0.15) is 17.8 Å². The van der Waals surface area contributed by atoms with Crippen molar-refractivity contribution in [2.75, 3.05) is 38.3 Å². The van der Waals surface area contributed by atoms with E-state index in [1.807, 2.05) is 62.3 Å². The minimum atomic E-state index is -0.110. The van der Waals surface area contributed by atoms with Crippen LogP contribution in [0.5, 0.6) is 0 Å². The van der Waals surface area contributed by atoms with Gasteiger partial charge in [0.15, 0.2) is 5.65 Å². The van der Waals surface area contributed by atoms with Crippen LogP contribution >= 0.6 is 11.6 Å². The number of halogens is 1. The molecule has 0 aliphatic carbocycles. The van der Waals surface area contributed by atoms with Crippen molar-refractivity contribution >= 4 is 40.0 Å². The molecule has 2 aromatic heterocycles. The second-order valence-electron chi connectivity index (χ2n) is 8.26. The Labute approximate surface area is 203 Å². The molecule has 0 radical (unpaired) electrons. The number of nitrogens with zero attached hydrogens (tertiary/aromatic N) is 6. The molecule has 0 unspecified atom stereocenters. The maximum atomic E-state index is 12.7. The molecular formula is C25H26ClN7O. The monoisotopic (exact) mass is 475 g/mol. The number of hydrogen-bond donors (Lipinski definition) is 1. The van der Waals surface area contributed by atoms with Crippen molar-refractivity contribution in [1.29, 1.82) is 0 Å². The molecule has 0 saturated heterocycles. The van der Waals surface area contributed by atoms with Crippen LogP contribution in [0.3, 0.4) is 0 Å². The van der Waals surface area contributed by atoms with Crippen molar-refractivity contribution in [1.82, 2.24) is 24.6 Å². The summed E-state index contributed by atoms with van der Waals surface area (Å²) in [5.74, 6) is 0.229. The van der Waals surface area contributed by atoms with Crippen molar-refractivity contribution in [2.24, 2.45) is 0 Å². The van der Waals surface area contributed by atoms with E-state index < -0.39 is 0 Å². The maximum absolute atomic E-state index is 12.7. The summed E-state index contributed by atoms with van der Waals surface area (Å²) in [5.41, 5.74) is 10.8. The van der Waals surface area contributed by atoms with Crippen LogP contribution in [0.25, 0.3) is 28.0 Å². The van der Waals surface area contributed by atoms with Crippen LogP contribution in [0.4, 0.5) is 11.5 Å². The highest BCUT2D eigenvalue weighted by atomic mass is 35.5. The molecule has 9 heteroatoms. The third-order valence-corrected chi connectivity index (χ3v) is 5.72. The van der Waals surface area contributed by atoms with Crippen molar-refractivity contribution in [3.63, 3.8) is 0 Å². The SMILES string of the molecule is Cc1ccc(-n2nc(-c3ccc(Cl)cc3)c3c(N)ncnc32)cc1N(C)C(=O)C=CCN(C)C. The van der Waals surface area contributed by atoms with Gasteiger partial charge in [-0.25, -0.2) is 14.6 Å². The summed E-state index contributed by atoms with van der Waals surface area (Å²) in [7, 11) is 5.67. The molecule has 0 bridgehead atoms. The summed E-state index contributed by atoms with van der Waals surface area (Å²) in [6, 6.07) is 13.2. The Kier molecular flexibility index (Phi) is 6.63. The minimum Gasteiger partial charge on any atom is -0.383 e. The summed E-state index contributed by atoms with van der Waals surface area (Å²) in [6.45, 7) is 2.65. The minimum absolute atomic E-state index is 0.110. The lowest BCUT2D eigenvalue weighted by Crippen LogP contribution is -2.25. The van der Waals surface area contributed by atoms with Crippen LogP contribution in [0, 0.1) is 6.92 Å². The zero-order valence-corrected chi connectivity index (χ0v) is 20.3. The van der Waals surface area contributed by atoms with Gasteiger partial charge in [0.05, 0.1) is 11.1 Å². The molecule has 8 nitrogen and oxygen atoms in total. The van der Waals surface area contributed by atoms with Gasteiger partial charge in [-0.3, -0.25) is 4.79 Å². The van der Waals surface area contributed by atoms with E-state index in [-0.39, 0.29) is 5.91 Å². The second kappa shape index (κ2) is 9.62. The predicted molar refractivity (Wildman–Crippen MR) is 137 cm³/mol. The molecule has 0 aliphatic heterocycles. The van der Waals surface area contributed by atoms with Crippen LogP contribution in [0.2, 0.25) is 5.02 Å². The number of aromatic nitrogens is 4. The van der Waals surface area contributed by atoms with Gasteiger partial charge in [0, 0.05) is 35.9 Å². The molecule has 4 rings (SSSR count). The lowest BCUT2D eigenvalue weighted by Gasteiger charge is -2.19. The van der Waals surface area contributed by atoms with Crippen LogP contribution in [-0.4, -0.2) is 58.2 Å². The van der Waals surface area contributed by atoms with E-state index in [9.17, 15) is 4.79 Å². The first-order chi connectivity index (χ1) is 16.3. The molecule has 0 saturated carbocycles. The van der Waals surface area contributed by atoms with E-state index in [0.29, 0.717) is 34.1 Å². The van der Waals surface area contributed by atoms with Gasteiger partial charge in [0.25, 0.3) is 0 Å². The number of likely N-dealkylation sites (N-methyl/N-ethyl adjacent to an activating group) is 2. The van der Waals surface area contributed by atoms with Gasteiger partial charge in [-0.1, -0.05) is 35.9 Å². The van der Waals surface area contributed by atoms with E-state index in [4.69, 9.17) is 22.4 Å². The largest absolute Gasteiger partial charge is 0.383 e. The normalized spacial score (nSPS) is 11.6. The lowest BCUT2D eigenvalue weighted by molar-refractivity contribution is -0.113. The molecule has 0 atom stereocenters. The fourth-order valence-corrected chi connectivity index (χ4v) is 3.78. The molecule has 4 aromatic rings. The number of fused-ring (bicyclic) bond motifs is 1. The molecule has 2 N–H and O–H groups in total. The number of rotatable bonds is 6. The molecule has 0 fully saturated rings. The quantitative estimate of drug-likeness (QED) is 0.422. The first kappa shape index (κ1) is 23.4. The maximum Gasteiger partial charge on any atom is 0.250 e. The molecule has 174 valence electrons. The van der Waals surface area contributed by atoms with E-state index in [1.54, 1.807) is 34.8 Å². The van der Waals surface area contributed by atoms with E-state index in [2.05, 4.69) is 9.97 Å². The number of hydrogen-bond acceptors (Lipinski definition) is 6. The summed E-state index contributed by atoms with van der Waals surface area (Å²) in [4.78, 5) is 25.0. The van der Waals surface area contributed by atoms with Crippen molar-refractivity contribution in [3.8, 4) is 16.9 Å². The average Bonchev–Trinajstić information content (AvgIpc) is 3.20. The van der Waals surface area contributed by atoms with E-state index >= 15 is 0 Å². The number of nitrogens with two attached hydrogens (primary N) is 1. The van der Waals surface area contributed by atoms with Crippen molar-refractivity contribution < 1.29 is 4.79 Å². The highest BCUT2D eigenvalue weighted by Gasteiger charge is 2.19. The lowest BCUT2D eigenvalue weighted by atomic mass is 10.1. The first-order valence-corrected chi connectivity index (χ1v) is 11.1. The number of amides is 1. The van der Waals surface area contributed by atoms with Crippen LogP contribution < -0.4 is 10.6 Å². The smallest absolute Gasteiger partial charge is 0.250 e. The zero-order valence-electron chi connectivity index (χ0n) is 19.5. The third-order valence-electron chi connectivity index (χ3n) is 5.47. The molecule has 2 aromatic carbocycles. The van der Waals surface area contributed by atoms with Crippen molar-refractivity contribution in [2.45, 2.75) is 6.92 Å². The van der Waals surface area contributed by atoms with Gasteiger partial charge in [0.2, 0.25) is 5.91 Å². The highest BCUT2D eigenvalue weighted by Crippen LogP contribution is 2.33. The Morgan fingerprint density at radius 1 is 1.12 bits per heavy atom. The second-order valence-corrected chi connectivity index (χ2v) is 8.69. The fraction of sp³-hybridized carbons (Fsp3) is 0.200. The molecule has 34 heavy (non-hydrogen) atoms. The summed E-state index contributed by atoms with van der Waals surface area (Å²) in [5, 5.41) is 6.12. The molecule has 0 spiro atoms. The highest BCUT2D eigenvalue weighted by molar-refractivity contribution is 6.30. The average molecular weight is 476 g/mol. The van der Waals surface area contributed by atoms with Crippen LogP contribution in [-0.2, 0) is 4.79 Å². The fourth-order valence-electron chi connectivity index (χ4n) is 3.65. The van der Waals surface area contributed by atoms with Gasteiger partial charge >= 0.3 is 0 Å². The number of anilines is 2. The molecule has 2 heterocycles.